The van der Waals surface area contributed by atoms with E-state index >= 15 is 0 Å². The first-order chi connectivity index (χ1) is 12.4. The third-order valence-corrected chi connectivity index (χ3v) is 38.4. The Balaban J connectivity index is 0.000000146. The SMILES string of the molecule is C[Si](C)=[Zr]([Br])[Br].Cc1cc2ccccc2[cH-]1.Cc1cc2ccccc2[cH-]1. The smallest absolute Gasteiger partial charge is 0.0579 e. The van der Waals surface area contributed by atoms with Crippen LogP contribution in [-0.2, 0) is 15.7 Å². The van der Waals surface area contributed by atoms with Gasteiger partial charge >= 0.3 is 58.6 Å². The summed E-state index contributed by atoms with van der Waals surface area (Å²) < 4.78 is 0. The standard InChI is InChI=1S/2C10H9.C2H6Si.2BrH.Zr/c2*1-8-6-9-4-2-3-5-10(9)7-8;1-3-2;;;/h2*2-7H,1H3;1-2H3;2*1H;/q2*-1;;;;+2/p-2. The van der Waals surface area contributed by atoms with Crippen LogP contribution in [0.3, 0.4) is 0 Å². The molecular formula is C22H24Br2SiZr-2. The van der Waals surface area contributed by atoms with E-state index in [0.717, 1.165) is 0 Å². The molecule has 0 amide bonds. The van der Waals surface area contributed by atoms with Gasteiger partial charge in [-0.05, 0) is 0 Å². The molecule has 0 radical (unpaired) electrons. The Bertz CT molecular complexity index is 855. The molecular weight excluding hydrogens is 543 g/mol. The molecule has 0 aliphatic carbocycles. The summed E-state index contributed by atoms with van der Waals surface area (Å²) in [6.07, 6.45) is 0. The molecule has 0 aromatic heterocycles. The Labute approximate surface area is 176 Å². The van der Waals surface area contributed by atoms with Gasteiger partial charge in [0.25, 0.3) is 0 Å². The van der Waals surface area contributed by atoms with Gasteiger partial charge < -0.3 is 0 Å². The molecule has 4 heteroatoms. The molecule has 4 aromatic rings. The third kappa shape index (κ3) is 7.03. The summed E-state index contributed by atoms with van der Waals surface area (Å²) in [6.45, 7) is 8.92. The van der Waals surface area contributed by atoms with E-state index < -0.39 is 15.7 Å². The van der Waals surface area contributed by atoms with Crippen molar-refractivity contribution < 1.29 is 15.7 Å². The van der Waals surface area contributed by atoms with Crippen LogP contribution < -0.4 is 0 Å². The van der Waals surface area contributed by atoms with E-state index in [4.69, 9.17) is 0 Å². The van der Waals surface area contributed by atoms with E-state index in [1.54, 1.807) is 0 Å². The predicted molar refractivity (Wildman–Crippen MR) is 124 cm³/mol. The van der Waals surface area contributed by atoms with Crippen molar-refractivity contribution in [3.8, 4) is 0 Å². The van der Waals surface area contributed by atoms with E-state index in [0.29, 0.717) is 0 Å². The first-order valence-corrected chi connectivity index (χ1v) is 26.0. The van der Waals surface area contributed by atoms with Crippen LogP contribution >= 0.6 is 24.4 Å². The normalized spacial score (nSPS) is 9.92. The molecule has 0 fully saturated rings. The summed E-state index contributed by atoms with van der Waals surface area (Å²) in [5.41, 5.74) is 2.78. The summed E-state index contributed by atoms with van der Waals surface area (Å²) in [5.74, 6) is 0. The zero-order valence-corrected chi connectivity index (χ0v) is 22.3. The zero-order chi connectivity index (χ0) is 19.1. The number of hydrogen-bond donors (Lipinski definition) is 0. The molecule has 0 atom stereocenters. The number of benzene rings is 2. The Morgan fingerprint density at radius 1 is 0.731 bits per heavy atom. The summed E-state index contributed by atoms with van der Waals surface area (Å²) in [5, 5.41) is 5.39. The van der Waals surface area contributed by atoms with Gasteiger partial charge in [0.15, 0.2) is 0 Å². The fourth-order valence-corrected chi connectivity index (χ4v) is 2.61. The molecule has 0 unspecified atom stereocenters. The maximum absolute atomic E-state index is 3.60. The van der Waals surface area contributed by atoms with Gasteiger partial charge in [-0.1, -0.05) is 26.0 Å². The van der Waals surface area contributed by atoms with Crippen molar-refractivity contribution >= 4 is 51.4 Å². The molecule has 136 valence electrons. The van der Waals surface area contributed by atoms with Crippen LogP contribution in [0.15, 0.2) is 72.8 Å². The van der Waals surface area contributed by atoms with E-state index in [-0.39, 0.29) is 5.43 Å². The molecule has 0 spiro atoms. The van der Waals surface area contributed by atoms with Crippen molar-refractivity contribution in [2.24, 2.45) is 0 Å². The molecule has 4 aromatic carbocycles. The molecule has 0 nitrogen and oxygen atoms in total. The van der Waals surface area contributed by atoms with Crippen LogP contribution in [0.1, 0.15) is 11.1 Å². The number of aryl methyl sites for hydroxylation is 2. The average Bonchev–Trinajstić information content (AvgIpc) is 3.16. The van der Waals surface area contributed by atoms with Crippen LogP contribution in [0.5, 0.6) is 0 Å². The van der Waals surface area contributed by atoms with Crippen molar-refractivity contribution in [3.63, 3.8) is 0 Å². The topological polar surface area (TPSA) is 0 Å². The van der Waals surface area contributed by atoms with Crippen molar-refractivity contribution in [2.45, 2.75) is 26.9 Å². The van der Waals surface area contributed by atoms with Crippen LogP contribution in [0.25, 0.3) is 21.5 Å². The van der Waals surface area contributed by atoms with Gasteiger partial charge in [0.1, 0.15) is 0 Å². The van der Waals surface area contributed by atoms with Crippen LogP contribution in [0.2, 0.25) is 13.1 Å². The van der Waals surface area contributed by atoms with E-state index in [1.165, 1.54) is 32.7 Å². The van der Waals surface area contributed by atoms with Gasteiger partial charge in [-0.2, -0.15) is 12.1 Å². The molecule has 0 saturated carbocycles. The Morgan fingerprint density at radius 2 is 1.08 bits per heavy atom. The molecule has 0 heterocycles. The van der Waals surface area contributed by atoms with Crippen LogP contribution in [0, 0.1) is 13.8 Å². The second-order valence-corrected chi connectivity index (χ2v) is 44.5. The fraction of sp³-hybridized carbons (Fsp3) is 0.182. The largest absolute Gasteiger partial charge is 0.165 e. The number of halogens is 2. The minimum absolute atomic E-state index is 0.0784. The van der Waals surface area contributed by atoms with E-state index in [9.17, 15) is 0 Å². The molecule has 0 bridgehead atoms. The second kappa shape index (κ2) is 10.9. The Hall–Kier alpha value is -0.280. The molecule has 0 aliphatic heterocycles. The van der Waals surface area contributed by atoms with Gasteiger partial charge in [0.05, 0.1) is 0 Å². The van der Waals surface area contributed by atoms with E-state index in [1.807, 2.05) is 0 Å². The van der Waals surface area contributed by atoms with Gasteiger partial charge in [0.2, 0.25) is 0 Å². The van der Waals surface area contributed by atoms with Crippen molar-refractivity contribution in [2.75, 3.05) is 0 Å². The fourth-order valence-electron chi connectivity index (χ4n) is 2.61. The van der Waals surface area contributed by atoms with Crippen molar-refractivity contribution in [1.29, 1.82) is 0 Å². The monoisotopic (exact) mass is 564 g/mol. The van der Waals surface area contributed by atoms with Gasteiger partial charge in [-0.3, -0.25) is 0 Å². The number of hydrogen-bond acceptors (Lipinski definition) is 0. The van der Waals surface area contributed by atoms with Crippen LogP contribution in [-0.4, -0.2) is 5.43 Å². The van der Waals surface area contributed by atoms with E-state index in [2.05, 4.69) is 124 Å². The first kappa shape index (κ1) is 22.0. The predicted octanol–water partition coefficient (Wildman–Crippen LogP) is 8.21. The minimum Gasteiger partial charge on any atom is -0.165 e. The average molecular weight is 568 g/mol. The summed E-state index contributed by atoms with van der Waals surface area (Å²) >= 11 is 6.22. The zero-order valence-electron chi connectivity index (χ0n) is 15.7. The van der Waals surface area contributed by atoms with Gasteiger partial charge in [-0.15, -0.1) is 81.2 Å². The quantitative estimate of drug-likeness (QED) is 0.148. The molecule has 4 rings (SSSR count). The maximum Gasteiger partial charge on any atom is -0.0579 e. The Morgan fingerprint density at radius 3 is 1.38 bits per heavy atom. The Kier molecular flexibility index (Phi) is 9.23. The summed E-state index contributed by atoms with van der Waals surface area (Å²) in [7, 11) is 0. The summed E-state index contributed by atoms with van der Waals surface area (Å²) in [6, 6.07) is 25.7. The number of fused-ring (bicyclic) bond motifs is 2. The molecule has 0 N–H and O–H groups in total. The minimum atomic E-state index is -0.973. The summed E-state index contributed by atoms with van der Waals surface area (Å²) in [4.78, 5) is 0. The third-order valence-electron chi connectivity index (χ3n) is 3.90. The second-order valence-electron chi connectivity index (χ2n) is 6.58. The van der Waals surface area contributed by atoms with Crippen LogP contribution in [0.4, 0.5) is 0 Å². The van der Waals surface area contributed by atoms with Crippen molar-refractivity contribution in [3.05, 3.63) is 83.9 Å². The number of rotatable bonds is 0. The molecule has 0 saturated heterocycles. The van der Waals surface area contributed by atoms with Crippen molar-refractivity contribution in [1.82, 2.24) is 0 Å². The molecule has 0 aliphatic rings. The maximum atomic E-state index is 3.60. The first-order valence-electron chi connectivity index (χ1n) is 8.59. The van der Waals surface area contributed by atoms with Gasteiger partial charge in [-0.25, -0.2) is 0 Å². The van der Waals surface area contributed by atoms with Gasteiger partial charge in [0, 0.05) is 0 Å². The molecule has 26 heavy (non-hydrogen) atoms.